The van der Waals surface area contributed by atoms with E-state index in [2.05, 4.69) is 15.3 Å². The average Bonchev–Trinajstić information content (AvgIpc) is 2.77. The molecule has 1 atom stereocenters. The van der Waals surface area contributed by atoms with Crippen molar-refractivity contribution < 1.29 is 19.1 Å². The number of carbonyl (C=O) groups excluding carboxylic acids is 1. The molecule has 21 heavy (non-hydrogen) atoms. The number of aromatic amines is 1. The molecule has 0 aromatic carbocycles. The maximum absolute atomic E-state index is 12.4. The molecule has 0 saturated heterocycles. The third kappa shape index (κ3) is 3.11. The summed E-state index contributed by atoms with van der Waals surface area (Å²) in [6.07, 6.45) is 1.57. The van der Waals surface area contributed by atoms with Crippen LogP contribution >= 0.6 is 0 Å². The highest BCUT2D eigenvalue weighted by molar-refractivity contribution is 6.06. The van der Waals surface area contributed by atoms with Gasteiger partial charge >= 0.3 is 0 Å². The van der Waals surface area contributed by atoms with E-state index in [4.69, 9.17) is 14.3 Å². The average molecular weight is 295 g/mol. The van der Waals surface area contributed by atoms with Crippen molar-refractivity contribution in [3.63, 3.8) is 0 Å². The summed E-state index contributed by atoms with van der Waals surface area (Å²) in [5.41, 5.74) is -0.169. The SMILES string of the molecule is COCC(CCO)NC(=O)c1c(C)oc2nc[nH]c(=O)c12. The molecule has 2 aromatic heterocycles. The Morgan fingerprint density at radius 2 is 2.38 bits per heavy atom. The van der Waals surface area contributed by atoms with Gasteiger partial charge in [-0.25, -0.2) is 4.98 Å². The molecular weight excluding hydrogens is 278 g/mol. The molecule has 114 valence electrons. The number of carbonyl (C=O) groups is 1. The third-order valence-corrected chi connectivity index (χ3v) is 3.08. The molecule has 0 radical (unpaired) electrons. The molecule has 3 N–H and O–H groups in total. The summed E-state index contributed by atoms with van der Waals surface area (Å²) in [4.78, 5) is 30.5. The maximum atomic E-state index is 12.4. The molecule has 8 heteroatoms. The van der Waals surface area contributed by atoms with Crippen LogP contribution in [0.15, 0.2) is 15.5 Å². The number of nitrogens with one attached hydrogen (secondary N) is 2. The maximum Gasteiger partial charge on any atom is 0.262 e. The molecular formula is C13H17N3O5. The van der Waals surface area contributed by atoms with Crippen LogP contribution in [0.25, 0.3) is 11.1 Å². The number of H-pyrrole nitrogens is 1. The summed E-state index contributed by atoms with van der Waals surface area (Å²) in [6.45, 7) is 1.77. The highest BCUT2D eigenvalue weighted by Gasteiger charge is 2.23. The molecule has 1 unspecified atom stereocenters. The number of aliphatic hydroxyl groups excluding tert-OH is 1. The summed E-state index contributed by atoms with van der Waals surface area (Å²) in [7, 11) is 1.50. The molecule has 2 heterocycles. The van der Waals surface area contributed by atoms with Gasteiger partial charge < -0.3 is 24.6 Å². The van der Waals surface area contributed by atoms with E-state index in [1.54, 1.807) is 6.92 Å². The molecule has 2 aromatic rings. The quantitative estimate of drug-likeness (QED) is 0.688. The van der Waals surface area contributed by atoms with E-state index < -0.39 is 11.5 Å². The van der Waals surface area contributed by atoms with Gasteiger partial charge in [-0.2, -0.15) is 0 Å². The number of aliphatic hydroxyl groups is 1. The predicted octanol–water partition coefficient (Wildman–Crippen LogP) is -0.0483. The minimum atomic E-state index is -0.458. The van der Waals surface area contributed by atoms with Crippen molar-refractivity contribution in [3.8, 4) is 0 Å². The molecule has 0 aliphatic carbocycles. The van der Waals surface area contributed by atoms with Crippen LogP contribution in [0, 0.1) is 6.92 Å². The number of rotatable bonds is 6. The van der Waals surface area contributed by atoms with Crippen LogP contribution in [0.2, 0.25) is 0 Å². The van der Waals surface area contributed by atoms with Crippen molar-refractivity contribution in [2.75, 3.05) is 20.3 Å². The summed E-state index contributed by atoms with van der Waals surface area (Å²) in [5, 5.41) is 11.8. The lowest BCUT2D eigenvalue weighted by Gasteiger charge is -2.16. The Balaban J connectivity index is 2.35. The van der Waals surface area contributed by atoms with Gasteiger partial charge in [-0.15, -0.1) is 0 Å². The number of nitrogens with zero attached hydrogens (tertiary/aromatic N) is 1. The fourth-order valence-electron chi connectivity index (χ4n) is 2.14. The number of methoxy groups -OCH3 is 1. The second kappa shape index (κ2) is 6.51. The summed E-state index contributed by atoms with van der Waals surface area (Å²) in [5.74, 6) is -0.146. The highest BCUT2D eigenvalue weighted by atomic mass is 16.5. The third-order valence-electron chi connectivity index (χ3n) is 3.08. The summed E-state index contributed by atoms with van der Waals surface area (Å²) in [6, 6.07) is -0.354. The first kappa shape index (κ1) is 15.2. The van der Waals surface area contributed by atoms with Gasteiger partial charge in [0.1, 0.15) is 11.1 Å². The lowest BCUT2D eigenvalue weighted by molar-refractivity contribution is 0.0878. The summed E-state index contributed by atoms with van der Waals surface area (Å²) < 4.78 is 10.3. The lowest BCUT2D eigenvalue weighted by atomic mass is 10.1. The van der Waals surface area contributed by atoms with Crippen LogP contribution in [0.5, 0.6) is 0 Å². The van der Waals surface area contributed by atoms with Crippen molar-refractivity contribution in [1.82, 2.24) is 15.3 Å². The Morgan fingerprint density at radius 1 is 1.62 bits per heavy atom. The Morgan fingerprint density at radius 3 is 3.05 bits per heavy atom. The van der Waals surface area contributed by atoms with Crippen molar-refractivity contribution in [2.45, 2.75) is 19.4 Å². The number of furan rings is 1. The van der Waals surface area contributed by atoms with Crippen LogP contribution in [0.4, 0.5) is 0 Å². The van der Waals surface area contributed by atoms with Crippen LogP contribution in [0.1, 0.15) is 22.5 Å². The molecule has 8 nitrogen and oxygen atoms in total. The molecule has 0 saturated carbocycles. The van der Waals surface area contributed by atoms with Crippen LogP contribution < -0.4 is 10.9 Å². The van der Waals surface area contributed by atoms with E-state index in [0.29, 0.717) is 12.2 Å². The van der Waals surface area contributed by atoms with E-state index in [1.807, 2.05) is 0 Å². The Bertz CT molecular complexity index is 685. The topological polar surface area (TPSA) is 117 Å². The fourth-order valence-corrected chi connectivity index (χ4v) is 2.14. The number of hydrogen-bond donors (Lipinski definition) is 3. The molecule has 0 bridgehead atoms. The normalized spacial score (nSPS) is 12.5. The number of amides is 1. The minimum Gasteiger partial charge on any atom is -0.442 e. The van der Waals surface area contributed by atoms with Crippen LogP contribution in [-0.2, 0) is 4.74 Å². The van der Waals surface area contributed by atoms with E-state index >= 15 is 0 Å². The number of aryl methyl sites for hydroxylation is 1. The smallest absolute Gasteiger partial charge is 0.262 e. The van der Waals surface area contributed by atoms with Crippen molar-refractivity contribution >= 4 is 17.0 Å². The second-order valence-corrected chi connectivity index (χ2v) is 4.58. The Kier molecular flexibility index (Phi) is 4.71. The molecule has 0 aliphatic heterocycles. The number of fused-ring (bicyclic) bond motifs is 1. The number of ether oxygens (including phenoxy) is 1. The Labute approximate surface area is 120 Å². The molecule has 0 aliphatic rings. The van der Waals surface area contributed by atoms with Crippen LogP contribution in [-0.4, -0.2) is 47.3 Å². The second-order valence-electron chi connectivity index (χ2n) is 4.58. The first-order valence-corrected chi connectivity index (χ1v) is 6.46. The largest absolute Gasteiger partial charge is 0.442 e. The first-order valence-electron chi connectivity index (χ1n) is 6.46. The van der Waals surface area contributed by atoms with E-state index in [1.165, 1.54) is 13.4 Å². The molecule has 0 fully saturated rings. The zero-order valence-corrected chi connectivity index (χ0v) is 11.8. The molecule has 2 rings (SSSR count). The van der Waals surface area contributed by atoms with Gasteiger partial charge in [0, 0.05) is 13.7 Å². The first-order chi connectivity index (χ1) is 10.1. The van der Waals surface area contributed by atoms with E-state index in [0.717, 1.165) is 0 Å². The van der Waals surface area contributed by atoms with Gasteiger partial charge in [0.2, 0.25) is 5.71 Å². The lowest BCUT2D eigenvalue weighted by Crippen LogP contribution is -2.39. The van der Waals surface area contributed by atoms with Crippen LogP contribution in [0.3, 0.4) is 0 Å². The van der Waals surface area contributed by atoms with Crippen molar-refractivity contribution in [2.24, 2.45) is 0 Å². The Hall–Kier alpha value is -2.19. The van der Waals surface area contributed by atoms with Crippen molar-refractivity contribution in [3.05, 3.63) is 28.0 Å². The van der Waals surface area contributed by atoms with Gasteiger partial charge in [-0.05, 0) is 13.3 Å². The van der Waals surface area contributed by atoms with Crippen molar-refractivity contribution in [1.29, 1.82) is 0 Å². The molecule has 0 spiro atoms. The van der Waals surface area contributed by atoms with Gasteiger partial charge in [0.15, 0.2) is 0 Å². The number of hydrogen-bond acceptors (Lipinski definition) is 6. The predicted molar refractivity (Wildman–Crippen MR) is 74.2 cm³/mol. The van der Waals surface area contributed by atoms with Gasteiger partial charge in [-0.1, -0.05) is 0 Å². The number of aromatic nitrogens is 2. The van der Waals surface area contributed by atoms with E-state index in [-0.39, 0.29) is 35.9 Å². The summed E-state index contributed by atoms with van der Waals surface area (Å²) >= 11 is 0. The van der Waals surface area contributed by atoms with Gasteiger partial charge in [0.25, 0.3) is 11.5 Å². The molecule has 1 amide bonds. The van der Waals surface area contributed by atoms with E-state index in [9.17, 15) is 9.59 Å². The zero-order chi connectivity index (χ0) is 15.4. The zero-order valence-electron chi connectivity index (χ0n) is 11.8. The fraction of sp³-hybridized carbons (Fsp3) is 0.462. The monoisotopic (exact) mass is 295 g/mol. The van der Waals surface area contributed by atoms with Gasteiger partial charge in [-0.3, -0.25) is 9.59 Å². The minimum absolute atomic E-state index is 0.0818. The van der Waals surface area contributed by atoms with Gasteiger partial charge in [0.05, 0.1) is 24.5 Å². The highest BCUT2D eigenvalue weighted by Crippen LogP contribution is 2.20. The standard InChI is InChI=1S/C13H17N3O5/c1-7-9(10-11(18)14-6-15-13(10)21-7)12(19)16-8(3-4-17)5-20-2/h6,8,17H,3-5H2,1-2H3,(H,16,19)(H,14,15,18).